The highest BCUT2D eigenvalue weighted by Gasteiger charge is 2.14. The summed E-state index contributed by atoms with van der Waals surface area (Å²) in [6, 6.07) is 1.90. The zero-order chi connectivity index (χ0) is 11.3. The van der Waals surface area contributed by atoms with Gasteiger partial charge >= 0.3 is 0 Å². The highest BCUT2D eigenvalue weighted by atomic mass is 127. The first-order valence-electron chi connectivity index (χ1n) is 4.44. The van der Waals surface area contributed by atoms with E-state index in [2.05, 4.69) is 35.7 Å². The number of carbonyl (C=O) groups excluding carboxylic acids is 1. The van der Waals surface area contributed by atoms with Crippen LogP contribution >= 0.6 is 33.9 Å². The summed E-state index contributed by atoms with van der Waals surface area (Å²) in [5.74, 6) is 0.0361. The maximum atomic E-state index is 12.0. The molecule has 1 rings (SSSR count). The van der Waals surface area contributed by atoms with Gasteiger partial charge < -0.3 is 4.90 Å². The lowest BCUT2D eigenvalue weighted by molar-refractivity contribution is 0.0791. The first kappa shape index (κ1) is 12.4. The van der Waals surface area contributed by atoms with Crippen molar-refractivity contribution in [1.82, 2.24) is 4.90 Å². The molecule has 1 amide bonds. The number of carbonyl (C=O) groups is 1. The van der Waals surface area contributed by atoms with Gasteiger partial charge in [0.2, 0.25) is 0 Å². The van der Waals surface area contributed by atoms with E-state index in [1.165, 1.54) is 0 Å². The normalized spacial score (nSPS) is 9.67. The van der Waals surface area contributed by atoms with Gasteiger partial charge in [0, 0.05) is 18.5 Å². The van der Waals surface area contributed by atoms with E-state index in [0.717, 1.165) is 8.45 Å². The molecule has 80 valence electrons. The number of thiophene rings is 1. The summed E-state index contributed by atoms with van der Waals surface area (Å²) in [6.45, 7) is 8.38. The molecule has 1 heterocycles. The van der Waals surface area contributed by atoms with E-state index in [0.29, 0.717) is 13.1 Å². The maximum Gasteiger partial charge on any atom is 0.255 e. The molecule has 0 bridgehead atoms. The summed E-state index contributed by atoms with van der Waals surface area (Å²) in [5, 5.41) is 1.88. The highest BCUT2D eigenvalue weighted by Crippen LogP contribution is 2.18. The highest BCUT2D eigenvalue weighted by molar-refractivity contribution is 14.1. The Morgan fingerprint density at radius 2 is 2.07 bits per heavy atom. The lowest BCUT2D eigenvalue weighted by atomic mass is 10.3. The minimum Gasteiger partial charge on any atom is -0.331 e. The summed E-state index contributed by atoms with van der Waals surface area (Å²) in [4.78, 5) is 13.7. The minimum atomic E-state index is 0.0361. The summed E-state index contributed by atoms with van der Waals surface area (Å²) in [6.07, 6.45) is 3.44. The van der Waals surface area contributed by atoms with Crippen molar-refractivity contribution in [3.63, 3.8) is 0 Å². The topological polar surface area (TPSA) is 20.3 Å². The van der Waals surface area contributed by atoms with E-state index < -0.39 is 0 Å². The van der Waals surface area contributed by atoms with Gasteiger partial charge in [-0.3, -0.25) is 4.79 Å². The van der Waals surface area contributed by atoms with Crippen LogP contribution in [0.3, 0.4) is 0 Å². The van der Waals surface area contributed by atoms with Gasteiger partial charge in [-0.1, -0.05) is 12.2 Å². The van der Waals surface area contributed by atoms with E-state index in [-0.39, 0.29) is 5.91 Å². The molecular formula is C11H12INOS. The first-order chi connectivity index (χ1) is 7.19. The van der Waals surface area contributed by atoms with Crippen LogP contribution < -0.4 is 0 Å². The molecule has 0 atom stereocenters. The van der Waals surface area contributed by atoms with E-state index in [9.17, 15) is 4.79 Å². The maximum absolute atomic E-state index is 12.0. The molecule has 2 nitrogen and oxygen atoms in total. The zero-order valence-electron chi connectivity index (χ0n) is 8.28. The molecule has 0 aliphatic carbocycles. The first-order valence-corrected chi connectivity index (χ1v) is 6.40. The molecule has 1 aromatic rings. The summed E-state index contributed by atoms with van der Waals surface area (Å²) >= 11 is 3.78. The number of halogens is 1. The van der Waals surface area contributed by atoms with E-state index in [1.54, 1.807) is 28.4 Å². The Bertz CT molecular complexity index is 362. The molecule has 4 heteroatoms. The SMILES string of the molecule is C=CCN(CC=C)C(=O)c1csc(I)c1. The Hall–Kier alpha value is -0.620. The van der Waals surface area contributed by atoms with Crippen LogP contribution in [0.15, 0.2) is 36.8 Å². The van der Waals surface area contributed by atoms with Crippen molar-refractivity contribution in [3.05, 3.63) is 45.2 Å². The molecule has 1 aromatic heterocycles. The summed E-state index contributed by atoms with van der Waals surface area (Å²) < 4.78 is 1.12. The lowest BCUT2D eigenvalue weighted by Crippen LogP contribution is -2.30. The van der Waals surface area contributed by atoms with Crippen LogP contribution in [0.5, 0.6) is 0 Å². The molecule has 0 radical (unpaired) electrons. The summed E-state index contributed by atoms with van der Waals surface area (Å²) in [5.41, 5.74) is 0.744. The van der Waals surface area contributed by atoms with Gasteiger partial charge in [-0.25, -0.2) is 0 Å². The second-order valence-electron chi connectivity index (χ2n) is 2.93. The minimum absolute atomic E-state index is 0.0361. The smallest absolute Gasteiger partial charge is 0.255 e. The molecule has 0 aromatic carbocycles. The van der Waals surface area contributed by atoms with Crippen LogP contribution in [-0.2, 0) is 0 Å². The fourth-order valence-electron chi connectivity index (χ4n) is 1.16. The van der Waals surface area contributed by atoms with Gasteiger partial charge in [-0.2, -0.15) is 0 Å². The number of hydrogen-bond donors (Lipinski definition) is 0. The standard InChI is InChI=1S/C11H12INOS/c1-3-5-13(6-4-2)11(14)9-7-10(12)15-8-9/h3-4,7-8H,1-2,5-6H2. The Morgan fingerprint density at radius 3 is 2.47 bits per heavy atom. The van der Waals surface area contributed by atoms with Crippen LogP contribution in [0.2, 0.25) is 0 Å². The molecule has 0 saturated heterocycles. The predicted molar refractivity (Wildman–Crippen MR) is 73.3 cm³/mol. The quantitative estimate of drug-likeness (QED) is 0.599. The van der Waals surface area contributed by atoms with Crippen LogP contribution in [0.1, 0.15) is 10.4 Å². The summed E-state index contributed by atoms with van der Waals surface area (Å²) in [7, 11) is 0. The molecule has 15 heavy (non-hydrogen) atoms. The second kappa shape index (κ2) is 6.07. The van der Waals surface area contributed by atoms with Gasteiger partial charge in [0.1, 0.15) is 0 Å². The van der Waals surface area contributed by atoms with Gasteiger partial charge in [0.15, 0.2) is 0 Å². The third-order valence-electron chi connectivity index (χ3n) is 1.80. The largest absolute Gasteiger partial charge is 0.331 e. The number of nitrogens with zero attached hydrogens (tertiary/aromatic N) is 1. The molecule has 0 unspecified atom stereocenters. The van der Waals surface area contributed by atoms with Gasteiger partial charge in [0.05, 0.1) is 8.45 Å². The second-order valence-corrected chi connectivity index (χ2v) is 5.73. The number of rotatable bonds is 5. The van der Waals surface area contributed by atoms with Crippen molar-refractivity contribution in [2.45, 2.75) is 0 Å². The van der Waals surface area contributed by atoms with Crippen LogP contribution in [0.25, 0.3) is 0 Å². The van der Waals surface area contributed by atoms with Crippen molar-refractivity contribution in [1.29, 1.82) is 0 Å². The van der Waals surface area contributed by atoms with Crippen molar-refractivity contribution in [2.75, 3.05) is 13.1 Å². The molecule has 0 N–H and O–H groups in total. The predicted octanol–water partition coefficient (Wildman–Crippen LogP) is 3.17. The van der Waals surface area contributed by atoms with E-state index in [4.69, 9.17) is 0 Å². The van der Waals surface area contributed by atoms with Gasteiger partial charge in [-0.15, -0.1) is 24.5 Å². The Kier molecular flexibility index (Phi) is 5.04. The molecule has 0 aliphatic rings. The monoisotopic (exact) mass is 333 g/mol. The van der Waals surface area contributed by atoms with E-state index >= 15 is 0 Å². The zero-order valence-corrected chi connectivity index (χ0v) is 11.3. The van der Waals surface area contributed by atoms with E-state index in [1.807, 2.05) is 11.4 Å². The molecular weight excluding hydrogens is 321 g/mol. The van der Waals surface area contributed by atoms with Crippen molar-refractivity contribution in [3.8, 4) is 0 Å². The molecule has 0 fully saturated rings. The lowest BCUT2D eigenvalue weighted by Gasteiger charge is -2.18. The van der Waals surface area contributed by atoms with Crippen LogP contribution in [0, 0.1) is 2.88 Å². The Balaban J connectivity index is 2.79. The average molecular weight is 333 g/mol. The van der Waals surface area contributed by atoms with Crippen LogP contribution in [0.4, 0.5) is 0 Å². The molecule has 0 saturated carbocycles. The molecule has 0 aliphatic heterocycles. The van der Waals surface area contributed by atoms with Crippen LogP contribution in [-0.4, -0.2) is 23.9 Å². The van der Waals surface area contributed by atoms with Crippen molar-refractivity contribution in [2.24, 2.45) is 0 Å². The third kappa shape index (κ3) is 3.46. The number of hydrogen-bond acceptors (Lipinski definition) is 2. The van der Waals surface area contributed by atoms with Crippen molar-refractivity contribution >= 4 is 39.8 Å². The molecule has 0 spiro atoms. The fraction of sp³-hybridized carbons (Fsp3) is 0.182. The Morgan fingerprint density at radius 1 is 1.47 bits per heavy atom. The Labute approximate surface area is 107 Å². The number of amides is 1. The average Bonchev–Trinajstić information content (AvgIpc) is 2.63. The van der Waals surface area contributed by atoms with Crippen molar-refractivity contribution < 1.29 is 4.79 Å². The fourth-order valence-corrected chi connectivity index (χ4v) is 2.48. The van der Waals surface area contributed by atoms with Gasteiger partial charge in [0.25, 0.3) is 5.91 Å². The third-order valence-corrected chi connectivity index (χ3v) is 3.59. The van der Waals surface area contributed by atoms with Gasteiger partial charge in [-0.05, 0) is 28.7 Å².